The number of benzene rings is 3. The number of rotatable bonds is 6. The normalized spacial score (nSPS) is 11.6. The molecule has 1 unspecified atom stereocenters. The van der Waals surface area contributed by atoms with Crippen molar-refractivity contribution in [1.82, 2.24) is 0 Å². The molecule has 3 heteroatoms. The van der Waals surface area contributed by atoms with E-state index < -0.39 is 11.9 Å². The van der Waals surface area contributed by atoms with Crippen molar-refractivity contribution >= 4 is 11.8 Å². The summed E-state index contributed by atoms with van der Waals surface area (Å²) in [6.07, 6.45) is 0.0847. The van der Waals surface area contributed by atoms with Gasteiger partial charge in [0.25, 0.3) is 0 Å². The Labute approximate surface area is 153 Å². The summed E-state index contributed by atoms with van der Waals surface area (Å²) in [5.41, 5.74) is 3.53. The Morgan fingerprint density at radius 3 is 1.88 bits per heavy atom. The van der Waals surface area contributed by atoms with Crippen LogP contribution >= 0.6 is 0 Å². The van der Waals surface area contributed by atoms with E-state index in [1.807, 2.05) is 84.9 Å². The molecule has 0 saturated heterocycles. The number of hydrogen-bond donors (Lipinski definition) is 0. The number of hydrogen-bond acceptors (Lipinski definition) is 3. The standard InChI is InChI=1S/C23H20O3/c1-26-23(25)21(19-10-6-3-7-11-19)16-22(24)20-14-12-18(13-15-20)17-8-4-2-5-9-17/h2-15,21H,16H2,1H3. The molecule has 130 valence electrons. The van der Waals surface area contributed by atoms with Crippen LogP contribution < -0.4 is 0 Å². The highest BCUT2D eigenvalue weighted by Gasteiger charge is 2.25. The van der Waals surface area contributed by atoms with Crippen molar-refractivity contribution in [2.24, 2.45) is 0 Å². The summed E-state index contributed by atoms with van der Waals surface area (Å²) < 4.78 is 4.89. The van der Waals surface area contributed by atoms with E-state index >= 15 is 0 Å². The van der Waals surface area contributed by atoms with E-state index in [1.54, 1.807) is 0 Å². The van der Waals surface area contributed by atoms with E-state index in [2.05, 4.69) is 0 Å². The molecule has 1 atom stereocenters. The third-order valence-corrected chi connectivity index (χ3v) is 4.39. The van der Waals surface area contributed by atoms with Crippen LogP contribution in [0.1, 0.15) is 28.3 Å². The number of carbonyl (C=O) groups excluding carboxylic acids is 2. The molecule has 3 aromatic carbocycles. The van der Waals surface area contributed by atoms with Crippen LogP contribution in [-0.4, -0.2) is 18.9 Å². The van der Waals surface area contributed by atoms with E-state index in [1.165, 1.54) is 7.11 Å². The topological polar surface area (TPSA) is 43.4 Å². The molecule has 3 aromatic rings. The Balaban J connectivity index is 1.78. The van der Waals surface area contributed by atoms with Gasteiger partial charge in [-0.15, -0.1) is 0 Å². The Bertz CT molecular complexity index is 868. The molecule has 3 rings (SSSR count). The van der Waals surface area contributed by atoms with Gasteiger partial charge in [-0.1, -0.05) is 84.9 Å². The van der Waals surface area contributed by atoms with Crippen LogP contribution in [0.2, 0.25) is 0 Å². The van der Waals surface area contributed by atoms with Gasteiger partial charge in [0, 0.05) is 12.0 Å². The number of carbonyl (C=O) groups is 2. The third-order valence-electron chi connectivity index (χ3n) is 4.39. The maximum atomic E-state index is 12.7. The molecule has 0 bridgehead atoms. The van der Waals surface area contributed by atoms with Crippen molar-refractivity contribution in [3.05, 3.63) is 96.1 Å². The largest absolute Gasteiger partial charge is 0.469 e. The lowest BCUT2D eigenvalue weighted by Gasteiger charge is -2.14. The summed E-state index contributed by atoms with van der Waals surface area (Å²) in [6.45, 7) is 0. The molecule has 0 aliphatic rings. The van der Waals surface area contributed by atoms with Crippen LogP contribution in [-0.2, 0) is 9.53 Å². The minimum atomic E-state index is -0.595. The van der Waals surface area contributed by atoms with Gasteiger partial charge < -0.3 is 4.74 Å². The fraction of sp³-hybridized carbons (Fsp3) is 0.130. The van der Waals surface area contributed by atoms with Crippen molar-refractivity contribution in [2.75, 3.05) is 7.11 Å². The molecule has 0 aromatic heterocycles. The Hall–Kier alpha value is -3.20. The maximum absolute atomic E-state index is 12.7. The first kappa shape index (κ1) is 17.6. The molecule has 0 radical (unpaired) electrons. The van der Waals surface area contributed by atoms with E-state index in [0.29, 0.717) is 5.56 Å². The quantitative estimate of drug-likeness (QED) is 0.473. The molecule has 0 fully saturated rings. The third kappa shape index (κ3) is 4.06. The summed E-state index contributed by atoms with van der Waals surface area (Å²) in [6, 6.07) is 26.7. The summed E-state index contributed by atoms with van der Waals surface area (Å²) in [5, 5.41) is 0. The van der Waals surface area contributed by atoms with E-state index in [9.17, 15) is 9.59 Å². The lowest BCUT2D eigenvalue weighted by molar-refractivity contribution is -0.142. The van der Waals surface area contributed by atoms with Crippen molar-refractivity contribution in [3.8, 4) is 11.1 Å². The summed E-state index contributed by atoms with van der Waals surface area (Å²) >= 11 is 0. The number of ether oxygens (including phenoxy) is 1. The molecule has 0 heterocycles. The van der Waals surface area contributed by atoms with Gasteiger partial charge in [0.1, 0.15) is 0 Å². The van der Waals surface area contributed by atoms with Gasteiger partial charge in [-0.25, -0.2) is 0 Å². The van der Waals surface area contributed by atoms with Gasteiger partial charge in [-0.2, -0.15) is 0 Å². The van der Waals surface area contributed by atoms with Gasteiger partial charge in [0.05, 0.1) is 13.0 Å². The summed E-state index contributed by atoms with van der Waals surface area (Å²) in [7, 11) is 1.34. The number of methoxy groups -OCH3 is 1. The lowest BCUT2D eigenvalue weighted by atomic mass is 9.91. The van der Waals surface area contributed by atoms with Crippen molar-refractivity contribution < 1.29 is 14.3 Å². The van der Waals surface area contributed by atoms with E-state index in [0.717, 1.165) is 16.7 Å². The predicted octanol–water partition coefficient (Wildman–Crippen LogP) is 4.88. The van der Waals surface area contributed by atoms with Gasteiger partial charge in [-0.05, 0) is 16.7 Å². The van der Waals surface area contributed by atoms with E-state index in [4.69, 9.17) is 4.74 Å². The average Bonchev–Trinajstić information content (AvgIpc) is 2.72. The molecule has 0 amide bonds. The highest BCUT2D eigenvalue weighted by Crippen LogP contribution is 2.25. The van der Waals surface area contributed by atoms with Crippen molar-refractivity contribution in [3.63, 3.8) is 0 Å². The van der Waals surface area contributed by atoms with Crippen LogP contribution in [0.15, 0.2) is 84.9 Å². The highest BCUT2D eigenvalue weighted by atomic mass is 16.5. The monoisotopic (exact) mass is 344 g/mol. The number of Topliss-reactive ketones (excluding diaryl/α,β-unsaturated/α-hetero) is 1. The molecule has 0 aliphatic carbocycles. The zero-order valence-electron chi connectivity index (χ0n) is 14.6. The van der Waals surface area contributed by atoms with Crippen LogP contribution in [0.25, 0.3) is 11.1 Å². The average molecular weight is 344 g/mol. The second kappa shape index (κ2) is 8.26. The SMILES string of the molecule is COC(=O)C(CC(=O)c1ccc(-c2ccccc2)cc1)c1ccccc1. The predicted molar refractivity (Wildman–Crippen MR) is 102 cm³/mol. The van der Waals surface area contributed by atoms with Crippen molar-refractivity contribution in [1.29, 1.82) is 0 Å². The smallest absolute Gasteiger partial charge is 0.313 e. The van der Waals surface area contributed by atoms with E-state index in [-0.39, 0.29) is 12.2 Å². The Kier molecular flexibility index (Phi) is 5.59. The molecule has 0 saturated carbocycles. The molecule has 26 heavy (non-hydrogen) atoms. The summed E-state index contributed by atoms with van der Waals surface area (Å²) in [4.78, 5) is 24.8. The van der Waals surface area contributed by atoms with Crippen molar-refractivity contribution in [2.45, 2.75) is 12.3 Å². The number of esters is 1. The van der Waals surface area contributed by atoms with Crippen LogP contribution in [0.5, 0.6) is 0 Å². The minimum absolute atomic E-state index is 0.0798. The second-order valence-electron chi connectivity index (χ2n) is 6.06. The molecule has 0 N–H and O–H groups in total. The Morgan fingerprint density at radius 2 is 1.31 bits per heavy atom. The lowest BCUT2D eigenvalue weighted by Crippen LogP contribution is -2.18. The van der Waals surface area contributed by atoms with Crippen LogP contribution in [0, 0.1) is 0 Å². The maximum Gasteiger partial charge on any atom is 0.313 e. The van der Waals surface area contributed by atoms with Gasteiger partial charge in [0.2, 0.25) is 0 Å². The minimum Gasteiger partial charge on any atom is -0.469 e. The first-order valence-corrected chi connectivity index (χ1v) is 8.50. The van der Waals surface area contributed by atoms with Gasteiger partial charge >= 0.3 is 5.97 Å². The van der Waals surface area contributed by atoms with Crippen LogP contribution in [0.3, 0.4) is 0 Å². The fourth-order valence-corrected chi connectivity index (χ4v) is 2.95. The molecular weight excluding hydrogens is 324 g/mol. The molecule has 0 spiro atoms. The molecule has 3 nitrogen and oxygen atoms in total. The zero-order valence-corrected chi connectivity index (χ0v) is 14.6. The fourth-order valence-electron chi connectivity index (χ4n) is 2.95. The van der Waals surface area contributed by atoms with Crippen LogP contribution in [0.4, 0.5) is 0 Å². The Morgan fingerprint density at radius 1 is 0.769 bits per heavy atom. The molecule has 0 aliphatic heterocycles. The highest BCUT2D eigenvalue weighted by molar-refractivity contribution is 5.99. The zero-order chi connectivity index (χ0) is 18.4. The first-order valence-electron chi connectivity index (χ1n) is 8.50. The van der Waals surface area contributed by atoms with Gasteiger partial charge in [-0.3, -0.25) is 9.59 Å². The first-order chi connectivity index (χ1) is 12.7. The summed E-state index contributed by atoms with van der Waals surface area (Å²) in [5.74, 6) is -1.07. The number of ketones is 1. The van der Waals surface area contributed by atoms with Gasteiger partial charge in [0.15, 0.2) is 5.78 Å². The second-order valence-corrected chi connectivity index (χ2v) is 6.06. The molecular formula is C23H20O3.